The van der Waals surface area contributed by atoms with Crippen LogP contribution in [0.25, 0.3) is 10.9 Å². The Bertz CT molecular complexity index is 2100. The van der Waals surface area contributed by atoms with Gasteiger partial charge in [-0.3, -0.25) is 14.4 Å². The molecule has 1 aliphatic carbocycles. The topological polar surface area (TPSA) is 183 Å². The van der Waals surface area contributed by atoms with E-state index in [2.05, 4.69) is 35.9 Å². The van der Waals surface area contributed by atoms with Crippen molar-refractivity contribution in [1.82, 2.24) is 9.47 Å². The molecular formula is C53H78N2O12. The van der Waals surface area contributed by atoms with Crippen molar-refractivity contribution in [2.75, 3.05) is 20.8 Å². The van der Waals surface area contributed by atoms with E-state index >= 15 is 0 Å². The van der Waals surface area contributed by atoms with E-state index in [1.807, 2.05) is 45.9 Å². The maximum Gasteiger partial charge on any atom is 0.329 e. The second-order valence-corrected chi connectivity index (χ2v) is 20.2. The zero-order valence-electron chi connectivity index (χ0n) is 41.4. The molecule has 3 aliphatic heterocycles. The third kappa shape index (κ3) is 11.9. The van der Waals surface area contributed by atoms with E-state index in [0.29, 0.717) is 49.8 Å². The van der Waals surface area contributed by atoms with Gasteiger partial charge in [-0.2, -0.15) is 0 Å². The van der Waals surface area contributed by atoms with Crippen LogP contribution < -0.4 is 4.74 Å². The minimum absolute atomic E-state index is 0.00885. The summed E-state index contributed by atoms with van der Waals surface area (Å²) in [6.45, 7) is 14.3. The van der Waals surface area contributed by atoms with Gasteiger partial charge < -0.3 is 48.5 Å². The van der Waals surface area contributed by atoms with Crippen molar-refractivity contribution >= 4 is 34.3 Å². The number of hydrogen-bond donors (Lipinski definition) is 3. The maximum absolute atomic E-state index is 14.5. The Morgan fingerprint density at radius 2 is 1.64 bits per heavy atom. The largest absolute Gasteiger partial charge is 0.488 e. The van der Waals surface area contributed by atoms with Crippen molar-refractivity contribution < 1.29 is 58.2 Å². The summed E-state index contributed by atoms with van der Waals surface area (Å²) in [4.78, 5) is 58.4. The van der Waals surface area contributed by atoms with Gasteiger partial charge in [0, 0.05) is 62.7 Å². The number of hydrogen-bond acceptors (Lipinski definition) is 12. The number of methoxy groups -OCH3 is 2. The molecule has 67 heavy (non-hydrogen) atoms. The van der Waals surface area contributed by atoms with Crippen molar-refractivity contribution in [1.29, 1.82) is 0 Å². The van der Waals surface area contributed by atoms with Crippen LogP contribution >= 0.6 is 0 Å². The summed E-state index contributed by atoms with van der Waals surface area (Å²) in [6, 6.07) is 7.02. The second-order valence-electron chi connectivity index (χ2n) is 20.2. The monoisotopic (exact) mass is 935 g/mol. The summed E-state index contributed by atoms with van der Waals surface area (Å²) in [7, 11) is 2.98. The van der Waals surface area contributed by atoms with Crippen molar-refractivity contribution in [3.63, 3.8) is 0 Å². The molecule has 1 saturated carbocycles. The number of aliphatic hydroxyl groups excluding tert-OH is 2. The van der Waals surface area contributed by atoms with Crippen LogP contribution in [0.4, 0.5) is 0 Å². The van der Waals surface area contributed by atoms with Gasteiger partial charge in [0.05, 0.1) is 24.4 Å². The Hall–Kier alpha value is -3.92. The first kappa shape index (κ1) is 52.5. The third-order valence-corrected chi connectivity index (χ3v) is 15.2. The van der Waals surface area contributed by atoms with Crippen LogP contribution in [0.3, 0.4) is 0 Å². The first-order valence-electron chi connectivity index (χ1n) is 25.0. The highest BCUT2D eigenvalue weighted by molar-refractivity contribution is 6.39. The first-order chi connectivity index (χ1) is 31.9. The number of aryl methyl sites for hydroxylation is 1. The summed E-state index contributed by atoms with van der Waals surface area (Å²) >= 11 is 0. The number of ether oxygens (including phenoxy) is 5. The highest BCUT2D eigenvalue weighted by atomic mass is 16.7. The Morgan fingerprint density at radius 3 is 2.33 bits per heavy atom. The van der Waals surface area contributed by atoms with Crippen molar-refractivity contribution in [2.45, 2.75) is 187 Å². The number of esters is 1. The Balaban J connectivity index is 1.27. The summed E-state index contributed by atoms with van der Waals surface area (Å²) in [5.74, 6) is -6.81. The number of rotatable bonds is 9. The zero-order chi connectivity index (χ0) is 48.7. The normalized spacial score (nSPS) is 36.7. The number of piperidine rings is 1. The van der Waals surface area contributed by atoms with Crippen LogP contribution in [0.1, 0.15) is 126 Å². The molecule has 14 nitrogen and oxygen atoms in total. The highest BCUT2D eigenvalue weighted by Gasteiger charge is 2.56. The van der Waals surface area contributed by atoms with Gasteiger partial charge in [-0.25, -0.2) is 4.79 Å². The molecule has 3 N–H and O–H groups in total. The van der Waals surface area contributed by atoms with Crippen molar-refractivity contribution in [3.05, 3.63) is 53.8 Å². The van der Waals surface area contributed by atoms with Gasteiger partial charge in [0.1, 0.15) is 35.9 Å². The zero-order valence-corrected chi connectivity index (χ0v) is 41.4. The molecule has 1 aromatic heterocycles. The van der Waals surface area contributed by atoms with Crippen LogP contribution in [-0.2, 0) is 44.7 Å². The number of aromatic nitrogens is 1. The Morgan fingerprint density at radius 1 is 0.910 bits per heavy atom. The second kappa shape index (κ2) is 23.1. The molecule has 1 aromatic carbocycles. The van der Waals surface area contributed by atoms with Gasteiger partial charge >= 0.3 is 5.97 Å². The summed E-state index contributed by atoms with van der Waals surface area (Å²) < 4.78 is 33.0. The number of fused-ring (bicyclic) bond motifs is 4. The predicted molar refractivity (Wildman–Crippen MR) is 254 cm³/mol. The quantitative estimate of drug-likeness (QED) is 0.130. The summed E-state index contributed by atoms with van der Waals surface area (Å²) in [5, 5.41) is 36.2. The Kier molecular flexibility index (Phi) is 18.1. The maximum atomic E-state index is 14.5. The molecule has 2 aromatic rings. The number of nitrogens with zero attached hydrogens (tertiary/aromatic N) is 2. The van der Waals surface area contributed by atoms with Crippen molar-refractivity contribution in [2.24, 2.45) is 29.6 Å². The fourth-order valence-corrected chi connectivity index (χ4v) is 11.1. The number of carbonyl (C=O) groups excluding carboxylic acids is 4. The fraction of sp³-hybridized carbons (Fsp3) is 0.698. The minimum atomic E-state index is -2.55. The van der Waals surface area contributed by atoms with E-state index < -0.39 is 90.0 Å². The lowest BCUT2D eigenvalue weighted by Gasteiger charge is -2.47. The molecule has 0 radical (unpaired) electrons. The molecule has 0 spiro atoms. The van der Waals surface area contributed by atoms with Gasteiger partial charge in [0.25, 0.3) is 11.7 Å². The van der Waals surface area contributed by atoms with Crippen LogP contribution in [0.15, 0.2) is 53.8 Å². The lowest BCUT2D eigenvalue weighted by atomic mass is 9.81. The van der Waals surface area contributed by atoms with E-state index in [0.717, 1.165) is 35.9 Å². The lowest BCUT2D eigenvalue weighted by molar-refractivity contribution is -0.302. The van der Waals surface area contributed by atoms with Crippen LogP contribution in [0.5, 0.6) is 5.75 Å². The average Bonchev–Trinajstić information content (AvgIpc) is 3.72. The minimum Gasteiger partial charge on any atom is -0.488 e. The molecule has 14 unspecified atom stereocenters. The molecule has 2 bridgehead atoms. The average molecular weight is 935 g/mol. The van der Waals surface area contributed by atoms with Gasteiger partial charge in [-0.1, -0.05) is 46.8 Å². The first-order valence-corrected chi connectivity index (χ1v) is 25.0. The van der Waals surface area contributed by atoms with E-state index in [1.165, 1.54) is 19.1 Å². The Labute approximate surface area is 397 Å². The highest BCUT2D eigenvalue weighted by Crippen LogP contribution is 2.40. The lowest BCUT2D eigenvalue weighted by Crippen LogP contribution is -2.64. The van der Waals surface area contributed by atoms with E-state index in [1.54, 1.807) is 13.8 Å². The SMILES string of the molecule is CCCn1ccc2cc(OC3CCC(C=C(C)C4OC(=O)C5CCCCN5C(=O)C(=O)C5(O)OC(C(OC)CC(C)C(O)/C(C)=C/C(CC)C(=O)CCC4C)C(OC)CC5C)CC3O)ccc21. The number of carbonyl (C=O) groups is 4. The summed E-state index contributed by atoms with van der Waals surface area (Å²) in [6.07, 6.45) is 6.51. The predicted octanol–water partition coefficient (Wildman–Crippen LogP) is 7.27. The van der Waals surface area contributed by atoms with Crippen molar-refractivity contribution in [3.8, 4) is 5.75 Å². The molecule has 4 heterocycles. The van der Waals surface area contributed by atoms with E-state index in [9.17, 15) is 34.5 Å². The fourth-order valence-electron chi connectivity index (χ4n) is 11.1. The number of amides is 1. The summed E-state index contributed by atoms with van der Waals surface area (Å²) in [5.41, 5.74) is 2.54. The number of ketones is 2. The van der Waals surface area contributed by atoms with Gasteiger partial charge in [0.15, 0.2) is 0 Å². The van der Waals surface area contributed by atoms with E-state index in [4.69, 9.17) is 23.7 Å². The number of allylic oxidation sites excluding steroid dienone is 2. The van der Waals surface area contributed by atoms with Crippen LogP contribution in [-0.4, -0.2) is 124 Å². The molecule has 6 rings (SSSR count). The molecular weight excluding hydrogens is 857 g/mol. The number of aliphatic hydroxyl groups is 3. The molecule has 2 saturated heterocycles. The standard InChI is InChI=1S/C53H78N2O12/c1-10-22-54-24-21-38-30-39(17-18-40(38)54)65-44-20-16-36(29-43(44)57)25-34(6)48-31(3)15-19-42(56)37(11-2)26-32(4)47(58)33(5)27-45(63-8)49-46(64-9)28-35(7)53(62,67-49)50(59)51(60)55-23-13-12-14-41(55)52(61)66-48/h17-18,21,24-26,30-31,33,35-37,41,43-49,57-58,62H,10-16,19-20,22-23,27-29H2,1-9H3/b32-26+,34-25?. The van der Waals surface area contributed by atoms with Gasteiger partial charge in [-0.15, -0.1) is 0 Å². The molecule has 14 atom stereocenters. The van der Waals surface area contributed by atoms with Crippen LogP contribution in [0, 0.1) is 29.6 Å². The molecule has 1 amide bonds. The van der Waals surface area contributed by atoms with E-state index in [-0.39, 0.29) is 49.8 Å². The molecule has 3 fully saturated rings. The smallest absolute Gasteiger partial charge is 0.329 e. The number of benzene rings is 1. The van der Waals surface area contributed by atoms with Gasteiger partial charge in [0.2, 0.25) is 5.79 Å². The molecule has 372 valence electrons. The van der Waals surface area contributed by atoms with Gasteiger partial charge in [-0.05, 0) is 138 Å². The van der Waals surface area contributed by atoms with Crippen LogP contribution in [0.2, 0.25) is 0 Å². The number of Topliss-reactive ketones (excluding diaryl/α,β-unsaturated/α-hetero) is 2. The molecule has 14 heteroatoms. The number of cyclic esters (lactones) is 1. The third-order valence-electron chi connectivity index (χ3n) is 15.2. The molecule has 4 aliphatic rings.